The van der Waals surface area contributed by atoms with Crippen LogP contribution in [0.4, 0.5) is 0 Å². The first-order valence-corrected chi connectivity index (χ1v) is 36.4. The predicted molar refractivity (Wildman–Crippen MR) is 383 cm³/mol. The Morgan fingerprint density at radius 2 is 0.349 bits per heavy atom. The van der Waals surface area contributed by atoms with Crippen molar-refractivity contribution in [3.05, 3.63) is 331 Å². The molecule has 8 aromatic rings. The van der Waals surface area contributed by atoms with Gasteiger partial charge in [-0.1, -0.05) is 307 Å². The average molecular weight is 1190 g/mol. The molecule has 0 unspecified atom stereocenters. The van der Waals surface area contributed by atoms with Gasteiger partial charge in [-0.3, -0.25) is 0 Å². The molecular weight excluding hydrogens is 1110 g/mol. The molecule has 0 nitrogen and oxygen atoms in total. The Bertz CT molecular complexity index is 3690. The summed E-state index contributed by atoms with van der Waals surface area (Å²) in [6.07, 6.45) is 4.96. The minimum atomic E-state index is -0.456. The largest absolute Gasteiger partial charge is 0.0776 e. The highest BCUT2D eigenvalue weighted by Crippen LogP contribution is 2.89. The lowest BCUT2D eigenvalue weighted by atomic mass is 9.72. The van der Waals surface area contributed by atoms with Crippen LogP contribution in [0.1, 0.15) is 115 Å². The van der Waals surface area contributed by atoms with Gasteiger partial charge in [-0.2, -0.15) is 0 Å². The fourth-order valence-electron chi connectivity index (χ4n) is 16.4. The van der Waals surface area contributed by atoms with E-state index < -0.39 is 31.7 Å². The first-order chi connectivity index (χ1) is 40.9. The van der Waals surface area contributed by atoms with Crippen LogP contribution in [0, 0.1) is 21.7 Å². The lowest BCUT2D eigenvalue weighted by Crippen LogP contribution is -2.20. The van der Waals surface area contributed by atoms with Crippen LogP contribution in [-0.4, -0.2) is 24.6 Å². The molecule has 8 aromatic carbocycles. The van der Waals surface area contributed by atoms with Gasteiger partial charge in [-0.25, -0.2) is 0 Å². The van der Waals surface area contributed by atoms with Gasteiger partial charge in [-0.15, -0.1) is 0 Å². The molecule has 0 saturated heterocycles. The van der Waals surface area contributed by atoms with E-state index in [4.69, 9.17) is 0 Å². The number of rotatable bonds is 10. The van der Waals surface area contributed by atoms with Gasteiger partial charge >= 0.3 is 0 Å². The zero-order valence-electron chi connectivity index (χ0n) is 49.7. The minimum absolute atomic E-state index is 0. The van der Waals surface area contributed by atoms with E-state index in [-0.39, 0.29) is 36.5 Å². The van der Waals surface area contributed by atoms with Crippen LogP contribution in [-0.2, 0) is 0 Å². The van der Waals surface area contributed by atoms with E-state index in [1.54, 1.807) is 87.1 Å². The molecule has 8 atom stereocenters. The third-order valence-electron chi connectivity index (χ3n) is 20.8. The number of hydrogen-bond acceptors (Lipinski definition) is 0. The second kappa shape index (κ2) is 22.2. The number of allylic oxidation sites excluding steroid dienone is 12. The normalized spacial score (nSPS) is 27.4. The molecule has 428 valence electrons. The summed E-state index contributed by atoms with van der Waals surface area (Å²) < 4.78 is 0. The van der Waals surface area contributed by atoms with Crippen molar-refractivity contribution < 1.29 is 0 Å². The second-order valence-corrected chi connectivity index (χ2v) is 33.7. The Hall–Kier alpha value is -6.60. The summed E-state index contributed by atoms with van der Waals surface area (Å²) >= 11 is 0. The van der Waals surface area contributed by atoms with Crippen LogP contribution in [0.3, 0.4) is 0 Å². The van der Waals surface area contributed by atoms with Crippen molar-refractivity contribution >= 4 is 75.2 Å². The molecule has 0 aromatic heterocycles. The van der Waals surface area contributed by atoms with Gasteiger partial charge in [0.05, 0.1) is 0 Å². The Balaban J connectivity index is 0.000000156. The fourth-order valence-corrected chi connectivity index (χ4v) is 32.8. The first-order valence-electron chi connectivity index (χ1n) is 30.3. The van der Waals surface area contributed by atoms with Gasteiger partial charge in [0, 0.05) is 21.7 Å². The molecule has 8 heterocycles. The third-order valence-corrected chi connectivity index (χ3v) is 33.5. The van der Waals surface area contributed by atoms with E-state index in [0.29, 0.717) is 0 Å². The molecule has 86 heavy (non-hydrogen) atoms. The standard InChI is InChI=1S/2C40H36P2.2CH4/c2*1-27-35(41-25-39(27,3)33(29-17-9-5-10-18-29)37(41)31-21-13-7-14-22-31)36-28(2)40(4)26-42(36)38(32-23-15-8-16-24-32)34(40)30-19-11-6-12-20-30;;/h2*5-24H,25-26H2,1-4H3;2*1H4/t2*39-,40-,41+,42+;;/m10../s1. The van der Waals surface area contributed by atoms with Crippen molar-refractivity contribution in [1.29, 1.82) is 0 Å². The molecule has 0 spiro atoms. The van der Waals surface area contributed by atoms with Crippen LogP contribution < -0.4 is 0 Å². The minimum Gasteiger partial charge on any atom is -0.0776 e. The van der Waals surface area contributed by atoms with E-state index in [2.05, 4.69) is 298 Å². The molecule has 8 aliphatic heterocycles. The van der Waals surface area contributed by atoms with E-state index in [1.165, 1.54) is 69.2 Å². The van der Waals surface area contributed by atoms with Crippen LogP contribution >= 0.6 is 31.7 Å². The summed E-state index contributed by atoms with van der Waals surface area (Å²) in [5.74, 6) is 0. The average Bonchev–Trinajstić information content (AvgIpc) is 1.71. The van der Waals surface area contributed by atoms with Crippen molar-refractivity contribution in [1.82, 2.24) is 0 Å². The van der Waals surface area contributed by atoms with Gasteiger partial charge in [0.1, 0.15) is 0 Å². The van der Waals surface area contributed by atoms with Crippen LogP contribution in [0.5, 0.6) is 0 Å². The van der Waals surface area contributed by atoms with Crippen molar-refractivity contribution in [3.8, 4) is 0 Å². The third kappa shape index (κ3) is 8.59. The maximum atomic E-state index is 2.55. The summed E-state index contributed by atoms with van der Waals surface area (Å²) in [7, 11) is -1.82. The molecule has 8 bridgehead atoms. The van der Waals surface area contributed by atoms with E-state index in [0.717, 1.165) is 0 Å². The Morgan fingerprint density at radius 1 is 0.209 bits per heavy atom. The summed E-state index contributed by atoms with van der Waals surface area (Å²) in [4.78, 5) is 0. The van der Waals surface area contributed by atoms with Gasteiger partial charge < -0.3 is 0 Å². The van der Waals surface area contributed by atoms with Crippen molar-refractivity contribution in [2.45, 2.75) is 70.2 Å². The second-order valence-electron chi connectivity index (χ2n) is 25.4. The van der Waals surface area contributed by atoms with E-state index >= 15 is 0 Å². The Labute approximate surface area is 519 Å². The quantitative estimate of drug-likeness (QED) is 0.120. The highest BCUT2D eigenvalue weighted by Gasteiger charge is 2.61. The molecule has 0 N–H and O–H groups in total. The SMILES string of the molecule is C.C.CC1=C(C2=C(C)[C@@]3(C)C[P@]2C(c2ccccc2)=C3c2ccccc2)[P@]2C[C@@]1(C)C(c1ccccc1)=C2c1ccccc1.CC1=C(C2=C(C)[C@]3(C)C[P@@]2C(c2ccccc2)=C3c2ccccc2)[P@@]2C[C@]1(C)C(c1ccccc1)=C2c1ccccc1. The molecule has 0 amide bonds. The van der Waals surface area contributed by atoms with E-state index in [1.807, 2.05) is 0 Å². The summed E-state index contributed by atoms with van der Waals surface area (Å²) in [6.45, 7) is 20.1. The van der Waals surface area contributed by atoms with Gasteiger partial charge in [0.2, 0.25) is 0 Å². The molecule has 0 radical (unpaired) electrons. The van der Waals surface area contributed by atoms with Crippen LogP contribution in [0.15, 0.2) is 286 Å². The Kier molecular flexibility index (Phi) is 15.1. The monoisotopic (exact) mass is 1190 g/mol. The zero-order valence-corrected chi connectivity index (χ0v) is 53.3. The van der Waals surface area contributed by atoms with Gasteiger partial charge in [0.25, 0.3) is 0 Å². The summed E-state index contributed by atoms with van der Waals surface area (Å²) in [6, 6.07) is 90.2. The van der Waals surface area contributed by atoms with Gasteiger partial charge in [-0.05, 0) is 193 Å². The first kappa shape index (κ1) is 58.4. The molecular formula is C82H80P4. The predicted octanol–water partition coefficient (Wildman–Crippen LogP) is 24.7. The number of fused-ring (bicyclic) bond motifs is 8. The van der Waals surface area contributed by atoms with Crippen LogP contribution in [0.25, 0.3) is 43.5 Å². The maximum Gasteiger partial charge on any atom is 0.0198 e. The molecule has 16 rings (SSSR count). The zero-order chi connectivity index (χ0) is 57.3. The molecule has 0 fully saturated rings. The van der Waals surface area contributed by atoms with Crippen molar-refractivity contribution in [2.75, 3.05) is 24.6 Å². The van der Waals surface area contributed by atoms with Gasteiger partial charge in [0.15, 0.2) is 0 Å². The lowest BCUT2D eigenvalue weighted by Gasteiger charge is -2.36. The molecule has 0 saturated carbocycles. The smallest absolute Gasteiger partial charge is 0.0198 e. The highest BCUT2D eigenvalue weighted by atomic mass is 31.1. The van der Waals surface area contributed by atoms with Crippen molar-refractivity contribution in [3.63, 3.8) is 0 Å². The highest BCUT2D eigenvalue weighted by molar-refractivity contribution is 7.80. The Morgan fingerprint density at radius 3 is 0.500 bits per heavy atom. The van der Waals surface area contributed by atoms with E-state index in [9.17, 15) is 0 Å². The van der Waals surface area contributed by atoms with Crippen LogP contribution in [0.2, 0.25) is 0 Å². The molecule has 0 aliphatic carbocycles. The number of hydrogen-bond donors (Lipinski definition) is 0. The van der Waals surface area contributed by atoms with Crippen molar-refractivity contribution in [2.24, 2.45) is 21.7 Å². The maximum absolute atomic E-state index is 2.55. The lowest BCUT2D eigenvalue weighted by molar-refractivity contribution is 0.623. The molecule has 8 aliphatic rings. The topological polar surface area (TPSA) is 0 Å². The fraction of sp³-hybridized carbons (Fsp3) is 0.220. The summed E-state index contributed by atoms with van der Waals surface area (Å²) in [5.41, 5.74) is 24.4. The number of benzene rings is 8. The molecule has 4 heteroatoms. The summed E-state index contributed by atoms with van der Waals surface area (Å²) in [5, 5.41) is 13.4.